The average Bonchev–Trinajstić information content (AvgIpc) is 2.15. The number of benzene rings is 1. The predicted octanol–water partition coefficient (Wildman–Crippen LogP) is 1.68. The molecular weight excluding hydrogens is 259 g/mol. The molecule has 1 aromatic rings. The molecular formula is C9H8F3NO3S. The van der Waals surface area contributed by atoms with Crippen LogP contribution in [0.15, 0.2) is 23.1 Å². The highest BCUT2D eigenvalue weighted by Crippen LogP contribution is 2.35. The number of halogens is 3. The van der Waals surface area contributed by atoms with Crippen molar-refractivity contribution in [2.75, 3.05) is 11.6 Å². The molecule has 1 rings (SSSR count). The highest BCUT2D eigenvalue weighted by atomic mass is 32.2. The first-order valence-electron chi connectivity index (χ1n) is 4.28. The van der Waals surface area contributed by atoms with Crippen molar-refractivity contribution in [3.63, 3.8) is 0 Å². The van der Waals surface area contributed by atoms with Gasteiger partial charge < -0.3 is 5.32 Å². The molecule has 0 saturated carbocycles. The molecule has 17 heavy (non-hydrogen) atoms. The van der Waals surface area contributed by atoms with Crippen molar-refractivity contribution in [2.24, 2.45) is 0 Å². The summed E-state index contributed by atoms with van der Waals surface area (Å²) in [6.45, 7) is 0. The number of hydrogen-bond acceptors (Lipinski definition) is 3. The Bertz CT molecular complexity index is 537. The van der Waals surface area contributed by atoms with Crippen LogP contribution in [0, 0.1) is 0 Å². The molecule has 0 aliphatic heterocycles. The molecule has 0 spiro atoms. The lowest BCUT2D eigenvalue weighted by atomic mass is 10.2. The summed E-state index contributed by atoms with van der Waals surface area (Å²) in [4.78, 5) is 9.29. The quantitative estimate of drug-likeness (QED) is 0.847. The molecule has 0 radical (unpaired) electrons. The molecule has 1 N–H and O–H groups in total. The second-order valence-corrected chi connectivity index (χ2v) is 5.23. The van der Waals surface area contributed by atoms with E-state index in [0.717, 1.165) is 12.1 Å². The number of amides is 1. The predicted molar refractivity (Wildman–Crippen MR) is 54.2 cm³/mol. The van der Waals surface area contributed by atoms with E-state index in [1.54, 1.807) is 0 Å². The van der Waals surface area contributed by atoms with Gasteiger partial charge >= 0.3 is 6.18 Å². The Morgan fingerprint density at radius 3 is 2.29 bits per heavy atom. The minimum Gasteiger partial charge on any atom is -0.329 e. The van der Waals surface area contributed by atoms with Crippen molar-refractivity contribution in [2.45, 2.75) is 11.1 Å². The van der Waals surface area contributed by atoms with Crippen molar-refractivity contribution in [1.29, 1.82) is 0 Å². The smallest absolute Gasteiger partial charge is 0.329 e. The van der Waals surface area contributed by atoms with Crippen LogP contribution in [0.4, 0.5) is 18.9 Å². The third kappa shape index (κ3) is 3.19. The van der Waals surface area contributed by atoms with Crippen molar-refractivity contribution < 1.29 is 26.4 Å². The molecule has 0 fully saturated rings. The molecule has 0 aromatic heterocycles. The molecule has 0 aliphatic rings. The second-order valence-electron chi connectivity index (χ2n) is 3.24. The SMILES string of the molecule is CS(=O)(=O)c1ccc(NC=O)cc1C(F)(F)F. The van der Waals surface area contributed by atoms with Crippen LogP contribution in [0.25, 0.3) is 0 Å². The van der Waals surface area contributed by atoms with E-state index in [1.807, 2.05) is 5.32 Å². The number of rotatable bonds is 3. The number of sulfone groups is 1. The maximum Gasteiger partial charge on any atom is 0.417 e. The highest BCUT2D eigenvalue weighted by Gasteiger charge is 2.36. The Kier molecular flexibility index (Phi) is 3.46. The number of anilines is 1. The molecule has 94 valence electrons. The van der Waals surface area contributed by atoms with Gasteiger partial charge in [-0.1, -0.05) is 0 Å². The van der Waals surface area contributed by atoms with Crippen molar-refractivity contribution in [3.05, 3.63) is 23.8 Å². The topological polar surface area (TPSA) is 63.2 Å². The van der Waals surface area contributed by atoms with Crippen LogP contribution in [0.5, 0.6) is 0 Å². The summed E-state index contributed by atoms with van der Waals surface area (Å²) in [5, 5.41) is 2.02. The Labute approximate surface area is 95.4 Å². The fourth-order valence-corrected chi connectivity index (χ4v) is 2.12. The molecule has 0 aliphatic carbocycles. The van der Waals surface area contributed by atoms with E-state index in [4.69, 9.17) is 0 Å². The summed E-state index contributed by atoms with van der Waals surface area (Å²) < 4.78 is 60.2. The molecule has 0 saturated heterocycles. The van der Waals surface area contributed by atoms with Crippen LogP contribution in [0.3, 0.4) is 0 Å². The Hall–Kier alpha value is -1.57. The Balaban J connectivity index is 3.48. The number of nitrogens with one attached hydrogen (secondary N) is 1. The van der Waals surface area contributed by atoms with Gasteiger partial charge in [0.05, 0.1) is 10.5 Å². The van der Waals surface area contributed by atoms with E-state index in [9.17, 15) is 26.4 Å². The lowest BCUT2D eigenvalue weighted by Crippen LogP contribution is -2.13. The third-order valence-electron chi connectivity index (χ3n) is 1.91. The van der Waals surface area contributed by atoms with E-state index in [2.05, 4.69) is 0 Å². The molecule has 1 aromatic carbocycles. The summed E-state index contributed by atoms with van der Waals surface area (Å²) in [6, 6.07) is 2.47. The maximum atomic E-state index is 12.6. The second kappa shape index (κ2) is 4.36. The zero-order chi connectivity index (χ0) is 13.3. The van der Waals surface area contributed by atoms with Gasteiger partial charge in [0.15, 0.2) is 9.84 Å². The van der Waals surface area contributed by atoms with Crippen molar-refractivity contribution in [1.82, 2.24) is 0 Å². The van der Waals surface area contributed by atoms with Gasteiger partial charge in [-0.2, -0.15) is 13.2 Å². The number of alkyl halides is 3. The van der Waals surface area contributed by atoms with Gasteiger partial charge in [-0.25, -0.2) is 8.42 Å². The number of hydrogen-bond donors (Lipinski definition) is 1. The van der Waals surface area contributed by atoms with Gasteiger partial charge in [0, 0.05) is 11.9 Å². The maximum absolute atomic E-state index is 12.6. The fraction of sp³-hybridized carbons (Fsp3) is 0.222. The lowest BCUT2D eigenvalue weighted by Gasteiger charge is -2.12. The lowest BCUT2D eigenvalue weighted by molar-refractivity contribution is -0.139. The highest BCUT2D eigenvalue weighted by molar-refractivity contribution is 7.90. The Morgan fingerprint density at radius 2 is 1.88 bits per heavy atom. The summed E-state index contributed by atoms with van der Waals surface area (Å²) in [7, 11) is -3.98. The van der Waals surface area contributed by atoms with Crippen LogP contribution in [0.1, 0.15) is 5.56 Å². The van der Waals surface area contributed by atoms with Crippen molar-refractivity contribution in [3.8, 4) is 0 Å². The van der Waals surface area contributed by atoms with E-state index < -0.39 is 26.5 Å². The molecule has 0 unspecified atom stereocenters. The summed E-state index contributed by atoms with van der Waals surface area (Å²) >= 11 is 0. The van der Waals surface area contributed by atoms with E-state index >= 15 is 0 Å². The minimum absolute atomic E-state index is 0.125. The van der Waals surface area contributed by atoms with Gasteiger partial charge in [-0.15, -0.1) is 0 Å². The van der Waals surface area contributed by atoms with Crippen LogP contribution >= 0.6 is 0 Å². The Morgan fingerprint density at radius 1 is 1.29 bits per heavy atom. The molecule has 0 atom stereocenters. The van der Waals surface area contributed by atoms with Gasteiger partial charge in [0.2, 0.25) is 6.41 Å². The van der Waals surface area contributed by atoms with Crippen LogP contribution < -0.4 is 5.32 Å². The molecule has 8 heteroatoms. The molecule has 0 heterocycles. The largest absolute Gasteiger partial charge is 0.417 e. The van der Waals surface area contributed by atoms with Gasteiger partial charge in [-0.3, -0.25) is 4.79 Å². The van der Waals surface area contributed by atoms with Gasteiger partial charge in [0.1, 0.15) is 0 Å². The molecule has 0 bridgehead atoms. The zero-order valence-corrected chi connectivity index (χ0v) is 9.39. The van der Waals surface area contributed by atoms with Crippen molar-refractivity contribution >= 4 is 21.9 Å². The summed E-state index contributed by atoms with van der Waals surface area (Å²) in [6.07, 6.45) is -3.92. The van der Waals surface area contributed by atoms with E-state index in [0.29, 0.717) is 12.3 Å². The fourth-order valence-electron chi connectivity index (χ4n) is 1.23. The van der Waals surface area contributed by atoms with E-state index in [1.165, 1.54) is 0 Å². The standard InChI is InChI=1S/C9H8F3NO3S/c1-17(15,16)8-3-2-6(13-5-14)4-7(8)9(10,11)12/h2-5H,1H3,(H,13,14). The normalized spacial score (nSPS) is 12.2. The van der Waals surface area contributed by atoms with Crippen LogP contribution in [-0.4, -0.2) is 21.1 Å². The molecule has 1 amide bonds. The van der Waals surface area contributed by atoms with Crippen LogP contribution in [0.2, 0.25) is 0 Å². The summed E-state index contributed by atoms with van der Waals surface area (Å²) in [5.41, 5.74) is -1.42. The van der Waals surface area contributed by atoms with Gasteiger partial charge in [-0.05, 0) is 18.2 Å². The van der Waals surface area contributed by atoms with Gasteiger partial charge in [0.25, 0.3) is 0 Å². The zero-order valence-electron chi connectivity index (χ0n) is 8.58. The van der Waals surface area contributed by atoms with E-state index in [-0.39, 0.29) is 12.1 Å². The number of carbonyl (C=O) groups is 1. The monoisotopic (exact) mass is 267 g/mol. The first-order chi connectivity index (χ1) is 7.66. The summed E-state index contributed by atoms with van der Waals surface area (Å²) in [5.74, 6) is 0. The first-order valence-corrected chi connectivity index (χ1v) is 6.17. The molecule has 4 nitrogen and oxygen atoms in total. The number of carbonyl (C=O) groups excluding carboxylic acids is 1. The first kappa shape index (κ1) is 13.5. The minimum atomic E-state index is -4.81. The van der Waals surface area contributed by atoms with Crippen LogP contribution in [-0.2, 0) is 20.8 Å². The third-order valence-corrected chi connectivity index (χ3v) is 3.06. The average molecular weight is 267 g/mol.